The zero-order chi connectivity index (χ0) is 17.8. The number of aromatic amines is 2. The summed E-state index contributed by atoms with van der Waals surface area (Å²) in [6.45, 7) is 4.59. The molecule has 1 fully saturated rings. The molecule has 0 atom stereocenters. The van der Waals surface area contributed by atoms with Gasteiger partial charge in [-0.25, -0.2) is 4.79 Å². The topological polar surface area (TPSA) is 89.3 Å². The Hall–Kier alpha value is -2.57. The second kappa shape index (κ2) is 7.55. The van der Waals surface area contributed by atoms with E-state index < -0.39 is 0 Å². The highest BCUT2D eigenvalue weighted by atomic mass is 16.2. The van der Waals surface area contributed by atoms with Gasteiger partial charge in [-0.2, -0.15) is 0 Å². The number of fused-ring (bicyclic) bond motifs is 1. The van der Waals surface area contributed by atoms with Crippen molar-refractivity contribution in [1.29, 1.82) is 0 Å². The number of carbonyl (C=O) groups is 2. The van der Waals surface area contributed by atoms with Crippen LogP contribution in [0.5, 0.6) is 0 Å². The molecule has 0 saturated carbocycles. The summed E-state index contributed by atoms with van der Waals surface area (Å²) in [6, 6.07) is 5.50. The number of imidazole rings is 1. The normalized spacial score (nSPS) is 15.4. The predicted molar refractivity (Wildman–Crippen MR) is 95.3 cm³/mol. The number of nitrogens with one attached hydrogen (secondary N) is 2. The van der Waals surface area contributed by atoms with E-state index in [2.05, 4.69) is 9.97 Å². The summed E-state index contributed by atoms with van der Waals surface area (Å²) in [5, 5.41) is 0. The van der Waals surface area contributed by atoms with Crippen LogP contribution in [0.25, 0.3) is 11.0 Å². The van der Waals surface area contributed by atoms with Crippen LogP contribution in [0, 0.1) is 0 Å². The van der Waals surface area contributed by atoms with E-state index in [0.29, 0.717) is 38.0 Å². The molecule has 3 rings (SSSR count). The first kappa shape index (κ1) is 17.3. The number of aromatic nitrogens is 2. The number of hydrogen-bond acceptors (Lipinski definition) is 3. The van der Waals surface area contributed by atoms with E-state index >= 15 is 0 Å². The minimum Gasteiger partial charge on any atom is -0.341 e. The number of nitrogens with zero attached hydrogens (tertiary/aromatic N) is 2. The first-order valence-electron chi connectivity index (χ1n) is 8.83. The second-order valence-corrected chi connectivity index (χ2v) is 6.50. The molecule has 2 aromatic rings. The highest BCUT2D eigenvalue weighted by molar-refractivity contribution is 5.82. The molecule has 1 aromatic heterocycles. The number of benzene rings is 1. The third-order valence-electron chi connectivity index (χ3n) is 4.60. The van der Waals surface area contributed by atoms with Gasteiger partial charge in [0, 0.05) is 32.6 Å². The zero-order valence-electron chi connectivity index (χ0n) is 14.5. The smallest absolute Gasteiger partial charge is 0.323 e. The van der Waals surface area contributed by atoms with Gasteiger partial charge in [-0.3, -0.25) is 9.59 Å². The van der Waals surface area contributed by atoms with E-state index in [0.717, 1.165) is 30.5 Å². The van der Waals surface area contributed by atoms with Gasteiger partial charge in [0.1, 0.15) is 0 Å². The van der Waals surface area contributed by atoms with Crippen LogP contribution in [-0.2, 0) is 16.0 Å². The van der Waals surface area contributed by atoms with E-state index in [9.17, 15) is 14.4 Å². The summed E-state index contributed by atoms with van der Waals surface area (Å²) in [4.78, 5) is 45.1. The standard InChI is InChI=1S/C18H24N4O3/c1-2-4-16(23)21-7-3-8-22(10-9-21)17(24)12-13-5-6-14-15(11-13)20-18(25)19-14/h5-6,11H,2-4,7-10,12H2,1H3,(H2,19,20,25). The van der Waals surface area contributed by atoms with Crippen LogP contribution in [-0.4, -0.2) is 57.8 Å². The lowest BCUT2D eigenvalue weighted by Crippen LogP contribution is -2.37. The molecule has 0 radical (unpaired) electrons. The van der Waals surface area contributed by atoms with Crippen LogP contribution in [0.15, 0.2) is 23.0 Å². The van der Waals surface area contributed by atoms with Gasteiger partial charge in [0.05, 0.1) is 17.5 Å². The SMILES string of the molecule is CCCC(=O)N1CCCN(C(=O)Cc2ccc3[nH]c(=O)[nH]c3c2)CC1. The molecule has 1 saturated heterocycles. The van der Waals surface area contributed by atoms with Gasteiger partial charge in [-0.15, -0.1) is 0 Å². The fourth-order valence-corrected chi connectivity index (χ4v) is 3.26. The van der Waals surface area contributed by atoms with Gasteiger partial charge in [0.25, 0.3) is 0 Å². The summed E-state index contributed by atoms with van der Waals surface area (Å²) >= 11 is 0. The molecular formula is C18H24N4O3. The first-order valence-corrected chi connectivity index (χ1v) is 8.83. The minimum atomic E-state index is -0.247. The van der Waals surface area contributed by atoms with Gasteiger partial charge in [-0.1, -0.05) is 13.0 Å². The predicted octanol–water partition coefficient (Wildman–Crippen LogP) is 1.26. The number of hydrogen-bond donors (Lipinski definition) is 2. The maximum atomic E-state index is 12.6. The summed E-state index contributed by atoms with van der Waals surface area (Å²) in [6.07, 6.45) is 2.53. The van der Waals surface area contributed by atoms with Gasteiger partial charge in [0.15, 0.2) is 0 Å². The van der Waals surface area contributed by atoms with Crippen molar-refractivity contribution < 1.29 is 9.59 Å². The van der Waals surface area contributed by atoms with Crippen LogP contribution in [0.4, 0.5) is 0 Å². The van der Waals surface area contributed by atoms with Crippen molar-refractivity contribution in [2.75, 3.05) is 26.2 Å². The maximum absolute atomic E-state index is 12.6. The molecule has 2 N–H and O–H groups in total. The van der Waals surface area contributed by atoms with E-state index in [4.69, 9.17) is 0 Å². The monoisotopic (exact) mass is 344 g/mol. The van der Waals surface area contributed by atoms with E-state index in [1.165, 1.54) is 0 Å². The Bertz CT molecular complexity index is 823. The van der Waals surface area contributed by atoms with Crippen LogP contribution >= 0.6 is 0 Å². The second-order valence-electron chi connectivity index (χ2n) is 6.50. The summed E-state index contributed by atoms with van der Waals surface area (Å²) in [7, 11) is 0. The Labute approximate surface area is 146 Å². The Morgan fingerprint density at radius 1 is 1.00 bits per heavy atom. The van der Waals surface area contributed by atoms with Gasteiger partial charge < -0.3 is 19.8 Å². The van der Waals surface area contributed by atoms with E-state index in [1.54, 1.807) is 0 Å². The van der Waals surface area contributed by atoms with Crippen molar-refractivity contribution >= 4 is 22.8 Å². The van der Waals surface area contributed by atoms with Crippen molar-refractivity contribution in [3.05, 3.63) is 34.2 Å². The summed E-state index contributed by atoms with van der Waals surface area (Å²) in [5.74, 6) is 0.237. The molecule has 2 amide bonds. The van der Waals surface area contributed by atoms with Crippen LogP contribution < -0.4 is 5.69 Å². The Balaban J connectivity index is 1.62. The van der Waals surface area contributed by atoms with Crippen molar-refractivity contribution in [1.82, 2.24) is 19.8 Å². The van der Waals surface area contributed by atoms with Crippen molar-refractivity contribution in [2.45, 2.75) is 32.6 Å². The van der Waals surface area contributed by atoms with E-state index in [-0.39, 0.29) is 17.5 Å². The molecule has 2 heterocycles. The molecule has 0 spiro atoms. The van der Waals surface area contributed by atoms with Gasteiger partial charge >= 0.3 is 5.69 Å². The molecule has 25 heavy (non-hydrogen) atoms. The molecule has 0 bridgehead atoms. The lowest BCUT2D eigenvalue weighted by atomic mass is 10.1. The summed E-state index contributed by atoms with van der Waals surface area (Å²) in [5.41, 5.74) is 2.07. The van der Waals surface area contributed by atoms with Gasteiger partial charge in [-0.05, 0) is 30.5 Å². The molecule has 1 aliphatic rings. The molecular weight excluding hydrogens is 320 g/mol. The number of H-pyrrole nitrogens is 2. The number of rotatable bonds is 4. The van der Waals surface area contributed by atoms with Crippen molar-refractivity contribution in [3.8, 4) is 0 Å². The minimum absolute atomic E-state index is 0.0574. The third kappa shape index (κ3) is 4.10. The van der Waals surface area contributed by atoms with Crippen LogP contribution in [0.2, 0.25) is 0 Å². The quantitative estimate of drug-likeness (QED) is 0.875. The molecule has 1 aromatic carbocycles. The molecule has 7 nitrogen and oxygen atoms in total. The molecule has 0 unspecified atom stereocenters. The average Bonchev–Trinajstić information content (AvgIpc) is 2.79. The fourth-order valence-electron chi connectivity index (χ4n) is 3.26. The first-order chi connectivity index (χ1) is 12.1. The Kier molecular flexibility index (Phi) is 5.21. The van der Waals surface area contributed by atoms with Crippen LogP contribution in [0.1, 0.15) is 31.7 Å². The highest BCUT2D eigenvalue weighted by Gasteiger charge is 2.21. The van der Waals surface area contributed by atoms with Crippen molar-refractivity contribution in [2.24, 2.45) is 0 Å². The van der Waals surface area contributed by atoms with Crippen molar-refractivity contribution in [3.63, 3.8) is 0 Å². The third-order valence-corrected chi connectivity index (χ3v) is 4.60. The molecule has 7 heteroatoms. The number of carbonyl (C=O) groups excluding carboxylic acids is 2. The highest BCUT2D eigenvalue weighted by Crippen LogP contribution is 2.13. The lowest BCUT2D eigenvalue weighted by molar-refractivity contribution is -0.133. The Morgan fingerprint density at radius 2 is 1.68 bits per heavy atom. The molecule has 134 valence electrons. The molecule has 0 aliphatic carbocycles. The molecule has 1 aliphatic heterocycles. The lowest BCUT2D eigenvalue weighted by Gasteiger charge is -2.22. The largest absolute Gasteiger partial charge is 0.341 e. The van der Waals surface area contributed by atoms with Crippen LogP contribution in [0.3, 0.4) is 0 Å². The average molecular weight is 344 g/mol. The number of amides is 2. The fraction of sp³-hybridized carbons (Fsp3) is 0.500. The summed E-state index contributed by atoms with van der Waals surface area (Å²) < 4.78 is 0. The van der Waals surface area contributed by atoms with E-state index in [1.807, 2.05) is 34.9 Å². The maximum Gasteiger partial charge on any atom is 0.323 e. The van der Waals surface area contributed by atoms with Gasteiger partial charge in [0.2, 0.25) is 11.8 Å². The Morgan fingerprint density at radius 3 is 2.40 bits per heavy atom. The zero-order valence-corrected chi connectivity index (χ0v) is 14.5.